The summed E-state index contributed by atoms with van der Waals surface area (Å²) in [5, 5.41) is 2.18. The second kappa shape index (κ2) is 8.34. The summed E-state index contributed by atoms with van der Waals surface area (Å²) in [4.78, 5) is 18.4. The molecule has 7 nitrogen and oxygen atoms in total. The zero-order valence-electron chi connectivity index (χ0n) is 21.6. The number of hydrogen-bond acceptors (Lipinski definition) is 5. The Morgan fingerprint density at radius 2 is 1.20 bits per heavy atom. The van der Waals surface area contributed by atoms with E-state index < -0.39 is 0 Å². The highest BCUT2D eigenvalue weighted by molar-refractivity contribution is 6.17. The highest BCUT2D eigenvalue weighted by atomic mass is 16.3. The summed E-state index contributed by atoms with van der Waals surface area (Å²) >= 11 is 0. The molecule has 0 aliphatic heterocycles. The number of nitrogens with zero attached hydrogens (tertiary/aromatic N) is 6. The van der Waals surface area contributed by atoms with E-state index in [1.165, 1.54) is 0 Å². The minimum absolute atomic E-state index is 0.574. The minimum Gasteiger partial charge on any atom is -0.434 e. The van der Waals surface area contributed by atoms with Crippen LogP contribution in [0.1, 0.15) is 0 Å². The van der Waals surface area contributed by atoms with Gasteiger partial charge in [0.1, 0.15) is 5.52 Å². The topological polar surface area (TPSA) is 74.6 Å². The molecule has 9 aromatic rings. The Labute approximate surface area is 233 Å². The Bertz CT molecular complexity index is 2380. The zero-order valence-corrected chi connectivity index (χ0v) is 21.6. The second-order valence-electron chi connectivity index (χ2n) is 10.0. The van der Waals surface area contributed by atoms with Crippen molar-refractivity contribution < 1.29 is 4.42 Å². The first-order valence-corrected chi connectivity index (χ1v) is 13.4. The van der Waals surface area contributed by atoms with E-state index in [4.69, 9.17) is 14.4 Å². The quantitative estimate of drug-likeness (QED) is 0.233. The molecule has 0 saturated carbocycles. The molecular formula is C34H20N6O. The van der Waals surface area contributed by atoms with Crippen LogP contribution in [-0.2, 0) is 0 Å². The van der Waals surface area contributed by atoms with Gasteiger partial charge in [0, 0.05) is 46.3 Å². The average Bonchev–Trinajstić information content (AvgIpc) is 3.71. The van der Waals surface area contributed by atoms with Gasteiger partial charge in [-0.05, 0) is 78.9 Å². The predicted molar refractivity (Wildman–Crippen MR) is 162 cm³/mol. The van der Waals surface area contributed by atoms with Gasteiger partial charge in [-0.2, -0.15) is 0 Å². The molecular weight excluding hydrogens is 508 g/mol. The maximum Gasteiger partial charge on any atom is 0.227 e. The first kappa shape index (κ1) is 22.0. The first-order valence-electron chi connectivity index (χ1n) is 13.4. The maximum atomic E-state index is 5.95. The van der Waals surface area contributed by atoms with E-state index in [0.717, 1.165) is 66.3 Å². The Kier molecular flexibility index (Phi) is 4.48. The van der Waals surface area contributed by atoms with Gasteiger partial charge >= 0.3 is 0 Å². The first-order chi connectivity index (χ1) is 20.3. The summed E-state index contributed by atoms with van der Waals surface area (Å²) < 4.78 is 10.5. The van der Waals surface area contributed by atoms with Crippen molar-refractivity contribution in [2.75, 3.05) is 0 Å². The van der Waals surface area contributed by atoms with E-state index in [0.29, 0.717) is 11.5 Å². The molecule has 0 amide bonds. The standard InChI is InChI=1S/C34H20N6O/c1-2-6-22(7-3-1)39-27-8-4-15-36-32(27)24-19-30-25(18-29(24)39)33-28(9-5-16-37-33)40(30)23-12-10-21(11-13-23)34-38-26-14-17-35-20-31(26)41-34/h1-20H. The van der Waals surface area contributed by atoms with Crippen molar-refractivity contribution in [2.45, 2.75) is 0 Å². The van der Waals surface area contributed by atoms with Crippen molar-refractivity contribution in [3.8, 4) is 22.8 Å². The molecule has 6 heterocycles. The monoisotopic (exact) mass is 528 g/mol. The molecule has 3 aromatic carbocycles. The summed E-state index contributed by atoms with van der Waals surface area (Å²) in [6.45, 7) is 0. The van der Waals surface area contributed by atoms with Gasteiger partial charge in [0.25, 0.3) is 0 Å². The Morgan fingerprint density at radius 3 is 1.83 bits per heavy atom. The summed E-state index contributed by atoms with van der Waals surface area (Å²) in [6, 6.07) is 33.3. The molecule has 0 unspecified atom stereocenters. The molecule has 0 bridgehead atoms. The van der Waals surface area contributed by atoms with Crippen LogP contribution >= 0.6 is 0 Å². The Balaban J connectivity index is 1.30. The molecule has 192 valence electrons. The largest absolute Gasteiger partial charge is 0.434 e. The van der Waals surface area contributed by atoms with Gasteiger partial charge in [-0.15, -0.1) is 0 Å². The van der Waals surface area contributed by atoms with Gasteiger partial charge in [-0.1, -0.05) is 18.2 Å². The van der Waals surface area contributed by atoms with Crippen molar-refractivity contribution in [2.24, 2.45) is 0 Å². The van der Waals surface area contributed by atoms with Crippen molar-refractivity contribution >= 4 is 55.0 Å². The number of hydrogen-bond donors (Lipinski definition) is 0. The van der Waals surface area contributed by atoms with Gasteiger partial charge < -0.3 is 13.6 Å². The molecule has 0 radical (unpaired) electrons. The fourth-order valence-electron chi connectivity index (χ4n) is 5.95. The number of para-hydroxylation sites is 1. The summed E-state index contributed by atoms with van der Waals surface area (Å²) in [5.74, 6) is 0.574. The Hall–Kier alpha value is -5.82. The smallest absolute Gasteiger partial charge is 0.227 e. The molecule has 0 atom stereocenters. The van der Waals surface area contributed by atoms with Crippen LogP contribution < -0.4 is 0 Å². The molecule has 0 N–H and O–H groups in total. The number of rotatable bonds is 3. The lowest BCUT2D eigenvalue weighted by molar-refractivity contribution is 0.618. The molecule has 7 heteroatoms. The fourth-order valence-corrected chi connectivity index (χ4v) is 5.95. The highest BCUT2D eigenvalue weighted by Gasteiger charge is 2.19. The van der Waals surface area contributed by atoms with Gasteiger partial charge in [0.05, 0.1) is 39.3 Å². The van der Waals surface area contributed by atoms with Crippen molar-refractivity contribution in [1.29, 1.82) is 0 Å². The van der Waals surface area contributed by atoms with E-state index in [2.05, 4.69) is 79.8 Å². The SMILES string of the molecule is c1ccc(-n2c3cc4c5ncccc5n(-c5ccc(-c6nc7ccncc7o6)cc5)c4cc3c3ncccc32)cc1. The second-order valence-corrected chi connectivity index (χ2v) is 10.0. The molecule has 0 aliphatic rings. The van der Waals surface area contributed by atoms with Crippen LogP contribution in [0.5, 0.6) is 0 Å². The lowest BCUT2D eigenvalue weighted by atomic mass is 10.1. The number of aromatic nitrogens is 6. The van der Waals surface area contributed by atoms with Crippen LogP contribution in [0.3, 0.4) is 0 Å². The minimum atomic E-state index is 0.574. The number of fused-ring (bicyclic) bond motifs is 7. The van der Waals surface area contributed by atoms with Crippen LogP contribution in [0.15, 0.2) is 126 Å². The van der Waals surface area contributed by atoms with E-state index >= 15 is 0 Å². The van der Waals surface area contributed by atoms with Crippen molar-refractivity contribution in [1.82, 2.24) is 29.1 Å². The van der Waals surface area contributed by atoms with Crippen LogP contribution in [0.4, 0.5) is 0 Å². The van der Waals surface area contributed by atoms with Gasteiger partial charge in [-0.3, -0.25) is 15.0 Å². The fraction of sp³-hybridized carbons (Fsp3) is 0. The van der Waals surface area contributed by atoms with Crippen LogP contribution in [0.25, 0.3) is 77.8 Å². The molecule has 0 saturated heterocycles. The number of pyridine rings is 3. The predicted octanol–water partition coefficient (Wildman–Crippen LogP) is 7.87. The lowest BCUT2D eigenvalue weighted by Gasteiger charge is -2.09. The van der Waals surface area contributed by atoms with Crippen molar-refractivity contribution in [3.63, 3.8) is 0 Å². The van der Waals surface area contributed by atoms with Crippen LogP contribution in [-0.4, -0.2) is 29.1 Å². The summed E-state index contributed by atoms with van der Waals surface area (Å²) in [5.41, 5.74) is 10.7. The van der Waals surface area contributed by atoms with Gasteiger partial charge in [-0.25, -0.2) is 4.98 Å². The highest BCUT2D eigenvalue weighted by Crippen LogP contribution is 2.38. The van der Waals surface area contributed by atoms with E-state index in [1.807, 2.05) is 48.8 Å². The molecule has 0 spiro atoms. The number of benzene rings is 3. The molecule has 9 rings (SSSR count). The van der Waals surface area contributed by atoms with E-state index in [-0.39, 0.29) is 0 Å². The molecule has 41 heavy (non-hydrogen) atoms. The van der Waals surface area contributed by atoms with Gasteiger partial charge in [0.15, 0.2) is 5.58 Å². The third-order valence-electron chi connectivity index (χ3n) is 7.74. The normalized spacial score (nSPS) is 11.9. The van der Waals surface area contributed by atoms with E-state index in [9.17, 15) is 0 Å². The molecule has 0 aliphatic carbocycles. The Morgan fingerprint density at radius 1 is 0.561 bits per heavy atom. The lowest BCUT2D eigenvalue weighted by Crippen LogP contribution is -1.94. The van der Waals surface area contributed by atoms with Crippen LogP contribution in [0, 0.1) is 0 Å². The zero-order chi connectivity index (χ0) is 26.9. The van der Waals surface area contributed by atoms with Gasteiger partial charge in [0.2, 0.25) is 5.89 Å². The molecule has 6 aromatic heterocycles. The molecule has 0 fully saturated rings. The van der Waals surface area contributed by atoms with Crippen molar-refractivity contribution in [3.05, 3.63) is 122 Å². The third kappa shape index (κ3) is 3.20. The summed E-state index contributed by atoms with van der Waals surface area (Å²) in [6.07, 6.45) is 7.13. The maximum absolute atomic E-state index is 5.95. The van der Waals surface area contributed by atoms with E-state index in [1.54, 1.807) is 12.4 Å². The third-order valence-corrected chi connectivity index (χ3v) is 7.74. The average molecular weight is 529 g/mol. The van der Waals surface area contributed by atoms with Crippen LogP contribution in [0.2, 0.25) is 0 Å². The summed E-state index contributed by atoms with van der Waals surface area (Å²) in [7, 11) is 0. The number of oxazole rings is 1.